The minimum absolute atomic E-state index is 0.131. The van der Waals surface area contributed by atoms with E-state index in [0.29, 0.717) is 5.92 Å². The largest absolute Gasteiger partial charge is 0.489 e. The van der Waals surface area contributed by atoms with Crippen molar-refractivity contribution in [2.45, 2.75) is 71.0 Å². The Bertz CT molecular complexity index is 398. The zero-order valence-electron chi connectivity index (χ0n) is 12.7. The van der Waals surface area contributed by atoms with Crippen LogP contribution in [0.4, 0.5) is 0 Å². The van der Waals surface area contributed by atoms with Gasteiger partial charge in [-0.05, 0) is 32.3 Å². The predicted molar refractivity (Wildman–Crippen MR) is 80.8 cm³/mol. The van der Waals surface area contributed by atoms with Gasteiger partial charge in [0.2, 0.25) is 0 Å². The molecule has 2 rings (SSSR count). The van der Waals surface area contributed by atoms with Gasteiger partial charge in [-0.3, -0.25) is 4.98 Å². The average molecular weight is 277 g/mol. The molecule has 0 spiro atoms. The molecule has 0 saturated heterocycles. The van der Waals surface area contributed by atoms with Gasteiger partial charge in [0.25, 0.3) is 0 Å². The van der Waals surface area contributed by atoms with Crippen molar-refractivity contribution >= 4 is 0 Å². The Kier molecular flexibility index (Phi) is 5.84. The summed E-state index contributed by atoms with van der Waals surface area (Å²) in [5, 5.41) is 10.4. The zero-order valence-corrected chi connectivity index (χ0v) is 12.7. The number of aromatic nitrogens is 1. The maximum absolute atomic E-state index is 10.4. The SMILES string of the molecule is CC(C)Oc1cncc(C(O)CC2CCCCCC2)c1. The highest BCUT2D eigenvalue weighted by Crippen LogP contribution is 2.31. The second kappa shape index (κ2) is 7.63. The van der Waals surface area contributed by atoms with Crippen LogP contribution in [-0.4, -0.2) is 16.2 Å². The van der Waals surface area contributed by atoms with E-state index in [4.69, 9.17) is 4.74 Å². The molecule has 0 aliphatic heterocycles. The fraction of sp³-hybridized carbons (Fsp3) is 0.706. The number of rotatable bonds is 5. The van der Waals surface area contributed by atoms with Gasteiger partial charge in [-0.25, -0.2) is 0 Å². The number of aliphatic hydroxyl groups is 1. The van der Waals surface area contributed by atoms with Crippen molar-refractivity contribution in [1.29, 1.82) is 0 Å². The van der Waals surface area contributed by atoms with E-state index in [0.717, 1.165) is 17.7 Å². The van der Waals surface area contributed by atoms with Crippen molar-refractivity contribution in [1.82, 2.24) is 4.98 Å². The third-order valence-corrected chi connectivity index (χ3v) is 4.02. The van der Waals surface area contributed by atoms with Crippen LogP contribution in [0.25, 0.3) is 0 Å². The van der Waals surface area contributed by atoms with Gasteiger partial charge in [-0.15, -0.1) is 0 Å². The molecule has 20 heavy (non-hydrogen) atoms. The van der Waals surface area contributed by atoms with E-state index in [2.05, 4.69) is 4.98 Å². The van der Waals surface area contributed by atoms with Gasteiger partial charge in [0, 0.05) is 11.8 Å². The average Bonchev–Trinajstić information content (AvgIpc) is 2.67. The summed E-state index contributed by atoms with van der Waals surface area (Å²) in [6, 6.07) is 1.92. The second-order valence-electron chi connectivity index (χ2n) is 6.23. The monoisotopic (exact) mass is 277 g/mol. The van der Waals surface area contributed by atoms with E-state index in [-0.39, 0.29) is 6.10 Å². The number of hydrogen-bond donors (Lipinski definition) is 1. The van der Waals surface area contributed by atoms with Crippen LogP contribution >= 0.6 is 0 Å². The molecule has 3 heteroatoms. The molecule has 0 bridgehead atoms. The van der Waals surface area contributed by atoms with Gasteiger partial charge in [-0.2, -0.15) is 0 Å². The van der Waals surface area contributed by atoms with Crippen molar-refractivity contribution in [3.63, 3.8) is 0 Å². The topological polar surface area (TPSA) is 42.4 Å². The van der Waals surface area contributed by atoms with E-state index >= 15 is 0 Å². The van der Waals surface area contributed by atoms with Crippen LogP contribution in [-0.2, 0) is 0 Å². The fourth-order valence-corrected chi connectivity index (χ4v) is 3.01. The summed E-state index contributed by atoms with van der Waals surface area (Å²) < 4.78 is 5.64. The zero-order chi connectivity index (χ0) is 14.4. The maximum Gasteiger partial charge on any atom is 0.138 e. The fourth-order valence-electron chi connectivity index (χ4n) is 3.01. The minimum Gasteiger partial charge on any atom is -0.489 e. The lowest BCUT2D eigenvalue weighted by molar-refractivity contribution is 0.138. The number of aliphatic hydroxyl groups excluding tert-OH is 1. The molecule has 112 valence electrons. The Morgan fingerprint density at radius 3 is 2.55 bits per heavy atom. The molecule has 1 aliphatic rings. The van der Waals surface area contributed by atoms with E-state index in [1.54, 1.807) is 12.4 Å². The molecule has 1 aliphatic carbocycles. The van der Waals surface area contributed by atoms with E-state index < -0.39 is 6.10 Å². The van der Waals surface area contributed by atoms with Crippen LogP contribution < -0.4 is 4.74 Å². The second-order valence-corrected chi connectivity index (χ2v) is 6.23. The number of nitrogens with zero attached hydrogens (tertiary/aromatic N) is 1. The molecule has 3 nitrogen and oxygen atoms in total. The summed E-state index contributed by atoms with van der Waals surface area (Å²) in [5.74, 6) is 1.40. The Morgan fingerprint density at radius 1 is 1.20 bits per heavy atom. The molecule has 1 unspecified atom stereocenters. The highest BCUT2D eigenvalue weighted by Gasteiger charge is 2.18. The lowest BCUT2D eigenvalue weighted by Crippen LogP contribution is -2.09. The van der Waals surface area contributed by atoms with Gasteiger partial charge in [0.05, 0.1) is 18.4 Å². The summed E-state index contributed by atoms with van der Waals surface area (Å²) in [6.07, 6.45) is 11.9. The standard InChI is InChI=1S/C17H27NO2/c1-13(2)20-16-10-15(11-18-12-16)17(19)9-14-7-5-3-4-6-8-14/h10-14,17,19H,3-9H2,1-2H3. The molecule has 0 amide bonds. The summed E-state index contributed by atoms with van der Waals surface area (Å²) in [5.41, 5.74) is 0.882. The van der Waals surface area contributed by atoms with Crippen LogP contribution in [0.3, 0.4) is 0 Å². The summed E-state index contributed by atoms with van der Waals surface area (Å²) in [4.78, 5) is 4.19. The molecular formula is C17H27NO2. The smallest absolute Gasteiger partial charge is 0.138 e. The lowest BCUT2D eigenvalue weighted by Gasteiger charge is -2.19. The molecule has 0 aromatic carbocycles. The van der Waals surface area contributed by atoms with Crippen molar-refractivity contribution in [3.05, 3.63) is 24.0 Å². The van der Waals surface area contributed by atoms with Crippen molar-refractivity contribution in [2.24, 2.45) is 5.92 Å². The Morgan fingerprint density at radius 2 is 1.90 bits per heavy atom. The van der Waals surface area contributed by atoms with Gasteiger partial charge in [0.15, 0.2) is 0 Å². The highest BCUT2D eigenvalue weighted by atomic mass is 16.5. The summed E-state index contributed by atoms with van der Waals surface area (Å²) in [7, 11) is 0. The first-order valence-electron chi connectivity index (χ1n) is 7.95. The van der Waals surface area contributed by atoms with Crippen LogP contribution in [0.2, 0.25) is 0 Å². The molecular weight excluding hydrogens is 250 g/mol. The molecule has 1 aromatic rings. The molecule has 1 atom stereocenters. The molecule has 1 fully saturated rings. The van der Waals surface area contributed by atoms with Crippen LogP contribution in [0.1, 0.15) is 70.5 Å². The molecule has 0 radical (unpaired) electrons. The Hall–Kier alpha value is -1.09. The lowest BCUT2D eigenvalue weighted by atomic mass is 9.91. The Labute approximate surface area is 122 Å². The van der Waals surface area contributed by atoms with Crippen molar-refractivity contribution in [3.8, 4) is 5.75 Å². The summed E-state index contributed by atoms with van der Waals surface area (Å²) >= 11 is 0. The minimum atomic E-state index is -0.415. The summed E-state index contributed by atoms with van der Waals surface area (Å²) in [6.45, 7) is 3.99. The third-order valence-electron chi connectivity index (χ3n) is 4.02. The van der Waals surface area contributed by atoms with E-state index in [9.17, 15) is 5.11 Å². The van der Waals surface area contributed by atoms with Gasteiger partial charge in [0.1, 0.15) is 5.75 Å². The van der Waals surface area contributed by atoms with Crippen LogP contribution in [0.15, 0.2) is 18.5 Å². The van der Waals surface area contributed by atoms with Gasteiger partial charge >= 0.3 is 0 Å². The maximum atomic E-state index is 10.4. The van der Waals surface area contributed by atoms with E-state index in [1.165, 1.54) is 38.5 Å². The third kappa shape index (κ3) is 4.78. The highest BCUT2D eigenvalue weighted by molar-refractivity contribution is 5.25. The Balaban J connectivity index is 1.95. The van der Waals surface area contributed by atoms with Gasteiger partial charge in [-0.1, -0.05) is 38.5 Å². The normalized spacial score (nSPS) is 18.8. The van der Waals surface area contributed by atoms with Crippen LogP contribution in [0.5, 0.6) is 5.75 Å². The first-order valence-corrected chi connectivity index (χ1v) is 7.95. The van der Waals surface area contributed by atoms with Crippen LogP contribution in [0, 0.1) is 5.92 Å². The first kappa shape index (κ1) is 15.3. The molecule has 1 N–H and O–H groups in total. The van der Waals surface area contributed by atoms with Crippen molar-refractivity contribution < 1.29 is 9.84 Å². The number of ether oxygens (including phenoxy) is 1. The van der Waals surface area contributed by atoms with Crippen molar-refractivity contribution in [2.75, 3.05) is 0 Å². The molecule has 1 saturated carbocycles. The van der Waals surface area contributed by atoms with E-state index in [1.807, 2.05) is 19.9 Å². The van der Waals surface area contributed by atoms with Gasteiger partial charge < -0.3 is 9.84 Å². The number of hydrogen-bond acceptors (Lipinski definition) is 3. The first-order chi connectivity index (χ1) is 9.65. The quantitative estimate of drug-likeness (QED) is 0.818. The molecule has 1 aromatic heterocycles. The predicted octanol–water partition coefficient (Wildman–Crippen LogP) is 4.26. The molecule has 1 heterocycles. The number of pyridine rings is 1.